The SMILES string of the molecule is COc1cccc(-c2ccc(CNC(=O)[C@H]3CC3c3ccccc3)c3c2CCN(c2nccc(C(F)(F)F)n2)C3)c1. The maximum absolute atomic E-state index is 13.4. The summed E-state index contributed by atoms with van der Waals surface area (Å²) in [6, 6.07) is 22.8. The van der Waals surface area contributed by atoms with Crippen LogP contribution in [0.25, 0.3) is 11.1 Å². The lowest BCUT2D eigenvalue weighted by Gasteiger charge is -2.32. The van der Waals surface area contributed by atoms with E-state index in [4.69, 9.17) is 4.74 Å². The highest BCUT2D eigenvalue weighted by molar-refractivity contribution is 5.83. The van der Waals surface area contributed by atoms with Crippen LogP contribution in [-0.4, -0.2) is 29.5 Å². The molecule has 1 amide bonds. The lowest BCUT2D eigenvalue weighted by Crippen LogP contribution is -2.34. The number of ether oxygens (including phenoxy) is 1. The number of nitrogens with zero attached hydrogens (tertiary/aromatic N) is 3. The van der Waals surface area contributed by atoms with Crippen molar-refractivity contribution in [2.45, 2.75) is 38.0 Å². The Labute approximate surface area is 236 Å². The molecule has 41 heavy (non-hydrogen) atoms. The molecule has 2 atom stereocenters. The predicted molar refractivity (Wildman–Crippen MR) is 149 cm³/mol. The summed E-state index contributed by atoms with van der Waals surface area (Å²) in [5.74, 6) is 0.961. The van der Waals surface area contributed by atoms with E-state index in [1.54, 1.807) is 12.0 Å². The Morgan fingerprint density at radius 2 is 1.88 bits per heavy atom. The number of carbonyl (C=O) groups excluding carboxylic acids is 1. The molecule has 6 rings (SSSR count). The molecule has 210 valence electrons. The molecular formula is C32H29F3N4O2. The van der Waals surface area contributed by atoms with Gasteiger partial charge in [0.2, 0.25) is 11.9 Å². The van der Waals surface area contributed by atoms with Gasteiger partial charge in [0, 0.05) is 31.7 Å². The standard InChI is InChI=1S/C32H29F3N4O2/c1-41-23-9-5-8-21(16-23)24-11-10-22(18-37-30(40)27-17-26(27)20-6-3-2-4-7-20)28-19-39(15-13-25(24)28)31-36-14-12-29(38-31)32(33,34)35/h2-12,14,16,26-27H,13,15,17-19H2,1H3,(H,37,40)/t26?,27-/m0/s1. The van der Waals surface area contributed by atoms with Gasteiger partial charge in [0.25, 0.3) is 0 Å². The van der Waals surface area contributed by atoms with Crippen LogP contribution in [-0.2, 0) is 30.5 Å². The number of alkyl halides is 3. The van der Waals surface area contributed by atoms with Crippen LogP contribution in [0.4, 0.5) is 19.1 Å². The van der Waals surface area contributed by atoms with Crippen LogP contribution < -0.4 is 15.0 Å². The number of methoxy groups -OCH3 is 1. The lowest BCUT2D eigenvalue weighted by molar-refractivity contribution is -0.141. The Bertz CT molecular complexity index is 1580. The number of fused-ring (bicyclic) bond motifs is 1. The fraction of sp³-hybridized carbons (Fsp3) is 0.281. The molecule has 1 aliphatic carbocycles. The lowest BCUT2D eigenvalue weighted by atomic mass is 9.87. The molecule has 0 spiro atoms. The summed E-state index contributed by atoms with van der Waals surface area (Å²) in [4.78, 5) is 22.8. The van der Waals surface area contributed by atoms with Crippen molar-refractivity contribution in [2.75, 3.05) is 18.6 Å². The number of hydrogen-bond donors (Lipinski definition) is 1. The summed E-state index contributed by atoms with van der Waals surface area (Å²) >= 11 is 0. The first-order valence-corrected chi connectivity index (χ1v) is 13.6. The maximum atomic E-state index is 13.4. The Hall–Kier alpha value is -4.40. The maximum Gasteiger partial charge on any atom is 0.433 e. The average molecular weight is 559 g/mol. The number of rotatable bonds is 7. The van der Waals surface area contributed by atoms with Crippen LogP contribution in [0.3, 0.4) is 0 Å². The van der Waals surface area contributed by atoms with E-state index < -0.39 is 11.9 Å². The van der Waals surface area contributed by atoms with Crippen molar-refractivity contribution in [3.8, 4) is 16.9 Å². The third kappa shape index (κ3) is 5.62. The van der Waals surface area contributed by atoms with Gasteiger partial charge in [-0.05, 0) is 70.3 Å². The number of anilines is 1. The molecule has 2 heterocycles. The number of nitrogens with one attached hydrogen (secondary N) is 1. The van der Waals surface area contributed by atoms with Gasteiger partial charge in [0.15, 0.2) is 0 Å². The number of aromatic nitrogens is 2. The molecule has 1 unspecified atom stereocenters. The third-order valence-corrected chi connectivity index (χ3v) is 7.91. The van der Waals surface area contributed by atoms with E-state index in [0.717, 1.165) is 52.3 Å². The van der Waals surface area contributed by atoms with Crippen LogP contribution in [0.1, 0.15) is 40.3 Å². The molecular weight excluding hydrogens is 529 g/mol. The molecule has 3 aromatic carbocycles. The number of amides is 1. The van der Waals surface area contributed by atoms with Gasteiger partial charge in [-0.2, -0.15) is 13.2 Å². The van der Waals surface area contributed by atoms with Crippen molar-refractivity contribution in [1.82, 2.24) is 15.3 Å². The van der Waals surface area contributed by atoms with E-state index in [-0.39, 0.29) is 23.7 Å². The molecule has 0 radical (unpaired) electrons. The van der Waals surface area contributed by atoms with E-state index in [2.05, 4.69) is 33.5 Å². The fourth-order valence-corrected chi connectivity index (χ4v) is 5.66. The Kier molecular flexibility index (Phi) is 7.11. The topological polar surface area (TPSA) is 67.3 Å². The van der Waals surface area contributed by atoms with Crippen molar-refractivity contribution >= 4 is 11.9 Å². The molecule has 9 heteroatoms. The monoisotopic (exact) mass is 558 g/mol. The van der Waals surface area contributed by atoms with Crippen molar-refractivity contribution < 1.29 is 22.7 Å². The number of halogens is 3. The van der Waals surface area contributed by atoms with Crippen LogP contribution >= 0.6 is 0 Å². The second-order valence-electron chi connectivity index (χ2n) is 10.4. The molecule has 1 N–H and O–H groups in total. The van der Waals surface area contributed by atoms with Crippen molar-refractivity contribution in [2.24, 2.45) is 5.92 Å². The van der Waals surface area contributed by atoms with Gasteiger partial charge >= 0.3 is 6.18 Å². The molecule has 4 aromatic rings. The van der Waals surface area contributed by atoms with Crippen molar-refractivity contribution in [1.29, 1.82) is 0 Å². The first-order chi connectivity index (χ1) is 19.8. The van der Waals surface area contributed by atoms with E-state index in [9.17, 15) is 18.0 Å². The second kappa shape index (κ2) is 10.9. The zero-order chi connectivity index (χ0) is 28.6. The summed E-state index contributed by atoms with van der Waals surface area (Å²) in [5, 5.41) is 3.11. The minimum atomic E-state index is -4.55. The van der Waals surface area contributed by atoms with Gasteiger partial charge in [0.1, 0.15) is 11.4 Å². The summed E-state index contributed by atoms with van der Waals surface area (Å²) < 4.78 is 45.5. The van der Waals surface area contributed by atoms with Crippen LogP contribution in [0, 0.1) is 5.92 Å². The summed E-state index contributed by atoms with van der Waals surface area (Å²) in [7, 11) is 1.62. The van der Waals surface area contributed by atoms with Gasteiger partial charge in [-0.1, -0.05) is 54.6 Å². The number of benzene rings is 3. The van der Waals surface area contributed by atoms with Crippen LogP contribution in [0.15, 0.2) is 79.0 Å². The molecule has 6 nitrogen and oxygen atoms in total. The van der Waals surface area contributed by atoms with Gasteiger partial charge in [-0.15, -0.1) is 0 Å². The van der Waals surface area contributed by atoms with Crippen LogP contribution in [0.5, 0.6) is 5.75 Å². The molecule has 2 aliphatic rings. The molecule has 1 saturated carbocycles. The third-order valence-electron chi connectivity index (χ3n) is 7.91. The van der Waals surface area contributed by atoms with Gasteiger partial charge in [0.05, 0.1) is 7.11 Å². The van der Waals surface area contributed by atoms with Crippen molar-refractivity contribution in [3.05, 3.63) is 107 Å². The molecule has 0 saturated heterocycles. The average Bonchev–Trinajstić information content (AvgIpc) is 3.81. The highest BCUT2D eigenvalue weighted by atomic mass is 19.4. The van der Waals surface area contributed by atoms with Gasteiger partial charge in [-0.25, -0.2) is 9.97 Å². The summed E-state index contributed by atoms with van der Waals surface area (Å²) in [6.07, 6.45) is -2.00. The zero-order valence-electron chi connectivity index (χ0n) is 22.5. The second-order valence-corrected chi connectivity index (χ2v) is 10.4. The molecule has 1 fully saturated rings. The Morgan fingerprint density at radius 1 is 1.05 bits per heavy atom. The highest BCUT2D eigenvalue weighted by Gasteiger charge is 2.43. The largest absolute Gasteiger partial charge is 0.497 e. The molecule has 1 aliphatic heterocycles. The fourth-order valence-electron chi connectivity index (χ4n) is 5.66. The smallest absolute Gasteiger partial charge is 0.433 e. The van der Waals surface area contributed by atoms with E-state index >= 15 is 0 Å². The minimum absolute atomic E-state index is 0.0124. The van der Waals surface area contributed by atoms with E-state index in [1.807, 2.05) is 48.5 Å². The van der Waals surface area contributed by atoms with Crippen LogP contribution in [0.2, 0.25) is 0 Å². The molecule has 0 bridgehead atoms. The predicted octanol–water partition coefficient (Wildman–Crippen LogP) is 6.15. The van der Waals surface area contributed by atoms with E-state index in [1.165, 1.54) is 5.56 Å². The normalized spacial score (nSPS) is 18.0. The molecule has 1 aromatic heterocycles. The summed E-state index contributed by atoms with van der Waals surface area (Å²) in [6.45, 7) is 1.12. The van der Waals surface area contributed by atoms with Gasteiger partial charge in [-0.3, -0.25) is 4.79 Å². The number of hydrogen-bond acceptors (Lipinski definition) is 5. The zero-order valence-corrected chi connectivity index (χ0v) is 22.5. The highest BCUT2D eigenvalue weighted by Crippen LogP contribution is 2.47. The Balaban J connectivity index is 1.28. The quantitative estimate of drug-likeness (QED) is 0.295. The van der Waals surface area contributed by atoms with E-state index in [0.29, 0.717) is 26.1 Å². The first-order valence-electron chi connectivity index (χ1n) is 13.6. The van der Waals surface area contributed by atoms with Gasteiger partial charge < -0.3 is 15.0 Å². The number of carbonyl (C=O) groups is 1. The summed E-state index contributed by atoms with van der Waals surface area (Å²) in [5.41, 5.74) is 5.21. The first kappa shape index (κ1) is 26.8. The van der Waals surface area contributed by atoms with Crippen molar-refractivity contribution in [3.63, 3.8) is 0 Å². The minimum Gasteiger partial charge on any atom is -0.497 e. The Morgan fingerprint density at radius 3 is 2.66 bits per heavy atom.